The van der Waals surface area contributed by atoms with Gasteiger partial charge in [0.25, 0.3) is 0 Å². The van der Waals surface area contributed by atoms with Gasteiger partial charge in [-0.3, -0.25) is 4.79 Å². The fourth-order valence-corrected chi connectivity index (χ4v) is 2.20. The molecule has 3 unspecified atom stereocenters. The highest BCUT2D eigenvalue weighted by Crippen LogP contribution is 2.47. The summed E-state index contributed by atoms with van der Waals surface area (Å²) in [5.41, 5.74) is 1.04. The first-order valence-corrected chi connectivity index (χ1v) is 6.16. The third kappa shape index (κ3) is 3.07. The van der Waals surface area contributed by atoms with Crippen LogP contribution in [0.4, 0.5) is 4.39 Å². The van der Waals surface area contributed by atoms with Gasteiger partial charge >= 0.3 is 0 Å². The van der Waals surface area contributed by atoms with Crippen LogP contribution in [0.5, 0.6) is 0 Å². The second-order valence-corrected chi connectivity index (χ2v) is 4.87. The van der Waals surface area contributed by atoms with Crippen molar-refractivity contribution in [2.24, 2.45) is 5.92 Å². The van der Waals surface area contributed by atoms with Gasteiger partial charge in [0, 0.05) is 19.1 Å². The molecule has 1 amide bonds. The van der Waals surface area contributed by atoms with Crippen molar-refractivity contribution in [2.75, 3.05) is 13.7 Å². The van der Waals surface area contributed by atoms with E-state index in [1.54, 1.807) is 19.2 Å². The van der Waals surface area contributed by atoms with Crippen molar-refractivity contribution in [3.05, 3.63) is 35.6 Å². The number of nitrogens with one attached hydrogen (secondary N) is 1. The lowest BCUT2D eigenvalue weighted by atomic mass is 10.1. The maximum atomic E-state index is 12.8. The van der Waals surface area contributed by atoms with Crippen LogP contribution in [-0.2, 0) is 9.53 Å². The fourth-order valence-electron chi connectivity index (χ4n) is 2.20. The zero-order valence-corrected chi connectivity index (χ0v) is 10.7. The molecule has 1 aliphatic rings. The number of hydrogen-bond donors (Lipinski definition) is 1. The quantitative estimate of drug-likeness (QED) is 0.870. The van der Waals surface area contributed by atoms with Crippen LogP contribution in [0.1, 0.15) is 24.8 Å². The molecule has 1 N–H and O–H groups in total. The topological polar surface area (TPSA) is 38.3 Å². The van der Waals surface area contributed by atoms with Gasteiger partial charge in [-0.25, -0.2) is 4.39 Å². The molecule has 18 heavy (non-hydrogen) atoms. The van der Waals surface area contributed by atoms with E-state index in [-0.39, 0.29) is 29.6 Å². The van der Waals surface area contributed by atoms with Gasteiger partial charge in [-0.2, -0.15) is 0 Å². The molecule has 4 heteroatoms. The van der Waals surface area contributed by atoms with Gasteiger partial charge in [0.1, 0.15) is 5.82 Å². The minimum absolute atomic E-state index is 0.0229. The van der Waals surface area contributed by atoms with Crippen LogP contribution in [0.15, 0.2) is 24.3 Å². The SMILES string of the molecule is COCC(C)NC(=O)C1CC1c1ccc(F)cc1. The highest BCUT2D eigenvalue weighted by molar-refractivity contribution is 5.83. The molecule has 1 aromatic rings. The molecule has 2 rings (SSSR count). The second kappa shape index (κ2) is 5.48. The van der Waals surface area contributed by atoms with E-state index in [9.17, 15) is 9.18 Å². The Balaban J connectivity index is 1.87. The molecular formula is C14H18FNO2. The highest BCUT2D eigenvalue weighted by Gasteiger charge is 2.44. The summed E-state index contributed by atoms with van der Waals surface area (Å²) < 4.78 is 17.8. The lowest BCUT2D eigenvalue weighted by Gasteiger charge is -2.12. The Labute approximate surface area is 106 Å². The highest BCUT2D eigenvalue weighted by atomic mass is 19.1. The van der Waals surface area contributed by atoms with Gasteiger partial charge in [0.15, 0.2) is 0 Å². The molecule has 0 spiro atoms. The second-order valence-electron chi connectivity index (χ2n) is 4.87. The summed E-state index contributed by atoms with van der Waals surface area (Å²) in [7, 11) is 1.61. The van der Waals surface area contributed by atoms with Gasteiger partial charge in [0.05, 0.1) is 6.61 Å². The Bertz CT molecular complexity index is 418. The number of methoxy groups -OCH3 is 1. The number of carbonyl (C=O) groups excluding carboxylic acids is 1. The molecule has 0 aromatic heterocycles. The van der Waals surface area contributed by atoms with E-state index in [4.69, 9.17) is 4.74 Å². The van der Waals surface area contributed by atoms with Crippen LogP contribution >= 0.6 is 0 Å². The van der Waals surface area contributed by atoms with Crippen molar-refractivity contribution < 1.29 is 13.9 Å². The molecule has 0 bridgehead atoms. The van der Waals surface area contributed by atoms with Gasteiger partial charge < -0.3 is 10.1 Å². The van der Waals surface area contributed by atoms with E-state index < -0.39 is 0 Å². The maximum absolute atomic E-state index is 12.8. The molecule has 0 radical (unpaired) electrons. The van der Waals surface area contributed by atoms with Crippen molar-refractivity contribution in [1.82, 2.24) is 5.32 Å². The zero-order chi connectivity index (χ0) is 13.1. The molecule has 1 aromatic carbocycles. The lowest BCUT2D eigenvalue weighted by Crippen LogP contribution is -2.36. The van der Waals surface area contributed by atoms with E-state index in [1.165, 1.54) is 12.1 Å². The monoisotopic (exact) mass is 251 g/mol. The Morgan fingerprint density at radius 2 is 2.17 bits per heavy atom. The third-order valence-corrected chi connectivity index (χ3v) is 3.23. The van der Waals surface area contributed by atoms with E-state index in [2.05, 4.69) is 5.32 Å². The first-order chi connectivity index (χ1) is 8.61. The summed E-state index contributed by atoms with van der Waals surface area (Å²) in [5, 5.41) is 2.92. The van der Waals surface area contributed by atoms with Crippen molar-refractivity contribution >= 4 is 5.91 Å². The number of rotatable bonds is 5. The number of carbonyl (C=O) groups is 1. The smallest absolute Gasteiger partial charge is 0.224 e. The molecule has 1 saturated carbocycles. The van der Waals surface area contributed by atoms with Crippen LogP contribution in [0.2, 0.25) is 0 Å². The summed E-state index contributed by atoms with van der Waals surface area (Å²) in [6.07, 6.45) is 0.844. The van der Waals surface area contributed by atoms with Crippen molar-refractivity contribution in [3.8, 4) is 0 Å². The van der Waals surface area contributed by atoms with Gasteiger partial charge in [0.2, 0.25) is 5.91 Å². The predicted molar refractivity (Wildman–Crippen MR) is 66.7 cm³/mol. The number of ether oxygens (including phenoxy) is 1. The summed E-state index contributed by atoms with van der Waals surface area (Å²) in [5.74, 6) is 0.0816. The van der Waals surface area contributed by atoms with Crippen LogP contribution in [0, 0.1) is 11.7 Å². The zero-order valence-electron chi connectivity index (χ0n) is 10.7. The van der Waals surface area contributed by atoms with Crippen molar-refractivity contribution in [3.63, 3.8) is 0 Å². The molecular weight excluding hydrogens is 233 g/mol. The van der Waals surface area contributed by atoms with Crippen LogP contribution in [0.25, 0.3) is 0 Å². The Morgan fingerprint density at radius 1 is 1.50 bits per heavy atom. The average Bonchev–Trinajstić information content (AvgIpc) is 3.10. The Kier molecular flexibility index (Phi) is 3.97. The van der Waals surface area contributed by atoms with Crippen molar-refractivity contribution in [2.45, 2.75) is 25.3 Å². The normalized spacial score (nSPS) is 23.5. The number of benzene rings is 1. The van der Waals surface area contributed by atoms with E-state index >= 15 is 0 Å². The third-order valence-electron chi connectivity index (χ3n) is 3.23. The largest absolute Gasteiger partial charge is 0.383 e. The molecule has 3 nitrogen and oxygen atoms in total. The fraction of sp³-hybridized carbons (Fsp3) is 0.500. The van der Waals surface area contributed by atoms with Gasteiger partial charge in [-0.15, -0.1) is 0 Å². The number of hydrogen-bond acceptors (Lipinski definition) is 2. The molecule has 98 valence electrons. The van der Waals surface area contributed by atoms with Crippen LogP contribution in [0.3, 0.4) is 0 Å². The molecule has 1 fully saturated rings. The minimum Gasteiger partial charge on any atom is -0.383 e. The Morgan fingerprint density at radius 3 is 2.78 bits per heavy atom. The molecule has 1 aliphatic carbocycles. The van der Waals surface area contributed by atoms with Gasteiger partial charge in [-0.05, 0) is 37.0 Å². The van der Waals surface area contributed by atoms with E-state index in [0.29, 0.717) is 6.61 Å². The van der Waals surface area contributed by atoms with Crippen LogP contribution in [-0.4, -0.2) is 25.7 Å². The summed E-state index contributed by atoms with van der Waals surface area (Å²) in [4.78, 5) is 11.9. The Hall–Kier alpha value is -1.42. The number of amides is 1. The van der Waals surface area contributed by atoms with Crippen LogP contribution < -0.4 is 5.32 Å². The minimum atomic E-state index is -0.242. The molecule has 0 aliphatic heterocycles. The standard InChI is InChI=1S/C14H18FNO2/c1-9(8-18-2)16-14(17)13-7-12(13)10-3-5-11(15)6-4-10/h3-6,9,12-13H,7-8H2,1-2H3,(H,16,17). The summed E-state index contributed by atoms with van der Waals surface area (Å²) in [6.45, 7) is 2.43. The molecule has 3 atom stereocenters. The predicted octanol–water partition coefficient (Wildman–Crippen LogP) is 2.08. The van der Waals surface area contributed by atoms with E-state index in [1.807, 2.05) is 6.92 Å². The summed E-state index contributed by atoms with van der Waals surface area (Å²) in [6, 6.07) is 6.42. The van der Waals surface area contributed by atoms with Crippen molar-refractivity contribution in [1.29, 1.82) is 0 Å². The number of halogens is 1. The average molecular weight is 251 g/mol. The molecule has 0 saturated heterocycles. The molecule has 0 heterocycles. The van der Waals surface area contributed by atoms with Gasteiger partial charge in [-0.1, -0.05) is 12.1 Å². The lowest BCUT2D eigenvalue weighted by molar-refractivity contribution is -0.123. The first kappa shape index (κ1) is 13.0. The maximum Gasteiger partial charge on any atom is 0.224 e. The van der Waals surface area contributed by atoms with E-state index in [0.717, 1.165) is 12.0 Å². The summed E-state index contributed by atoms with van der Waals surface area (Å²) >= 11 is 0. The first-order valence-electron chi connectivity index (χ1n) is 6.16.